The minimum absolute atomic E-state index is 0.0989. The molecule has 0 spiro atoms. The Labute approximate surface area is 359 Å². The highest BCUT2D eigenvalue weighted by atomic mass is 15.0. The molecule has 0 fully saturated rings. The highest BCUT2D eigenvalue weighted by Crippen LogP contribution is 2.50. The molecule has 2 heterocycles. The van der Waals surface area contributed by atoms with Gasteiger partial charge in [0.1, 0.15) is 5.84 Å². The Morgan fingerprint density at radius 3 is 1.90 bits per heavy atom. The van der Waals surface area contributed by atoms with Crippen molar-refractivity contribution in [1.82, 2.24) is 9.88 Å². The number of hydrogen-bond acceptors (Lipinski definition) is 2. The van der Waals surface area contributed by atoms with E-state index in [1.165, 1.54) is 77.8 Å². The summed E-state index contributed by atoms with van der Waals surface area (Å²) < 4.78 is 2.56. The van der Waals surface area contributed by atoms with Crippen LogP contribution in [0.1, 0.15) is 65.4 Å². The smallest absolute Gasteiger partial charge is 0.134 e. The van der Waals surface area contributed by atoms with E-state index in [9.17, 15) is 0 Å². The Balaban J connectivity index is 0.862. The van der Waals surface area contributed by atoms with Crippen LogP contribution in [0.15, 0.2) is 187 Å². The molecule has 1 aromatic heterocycles. The van der Waals surface area contributed by atoms with E-state index in [-0.39, 0.29) is 11.5 Å². The molecule has 3 nitrogen and oxygen atoms in total. The number of para-hydroxylation sites is 1. The maximum Gasteiger partial charge on any atom is 0.134 e. The number of nitrogens with zero attached hydrogens (tertiary/aromatic N) is 2. The predicted molar refractivity (Wildman–Crippen MR) is 256 cm³/mol. The summed E-state index contributed by atoms with van der Waals surface area (Å²) >= 11 is 0. The molecule has 3 aliphatic rings. The minimum atomic E-state index is -0.142. The summed E-state index contributed by atoms with van der Waals surface area (Å²) in [6, 6.07) is 62.5. The lowest BCUT2D eigenvalue weighted by atomic mass is 9.80. The van der Waals surface area contributed by atoms with E-state index in [4.69, 9.17) is 4.99 Å². The molecule has 2 aliphatic carbocycles. The van der Waals surface area contributed by atoms with E-state index in [2.05, 4.69) is 219 Å². The van der Waals surface area contributed by atoms with E-state index in [0.29, 0.717) is 5.92 Å². The third-order valence-electron chi connectivity index (χ3n) is 13.3. The molecular weight excluding hydrogens is 739 g/mol. The Hall–Kier alpha value is -6.97. The monoisotopic (exact) mass is 787 g/mol. The minimum Gasteiger partial charge on any atom is -0.363 e. The lowest BCUT2D eigenvalue weighted by Gasteiger charge is -2.24. The third kappa shape index (κ3) is 6.75. The van der Waals surface area contributed by atoms with Crippen molar-refractivity contribution in [2.24, 2.45) is 10.9 Å². The third-order valence-corrected chi connectivity index (χ3v) is 13.3. The van der Waals surface area contributed by atoms with Crippen molar-refractivity contribution in [3.05, 3.63) is 227 Å². The summed E-state index contributed by atoms with van der Waals surface area (Å²) in [5.74, 6) is 1.46. The van der Waals surface area contributed by atoms with Crippen molar-refractivity contribution >= 4 is 28.5 Å². The first-order valence-corrected chi connectivity index (χ1v) is 21.8. The van der Waals surface area contributed by atoms with Crippen LogP contribution < -0.4 is 5.32 Å². The fourth-order valence-corrected chi connectivity index (χ4v) is 10.1. The zero-order chi connectivity index (χ0) is 41.1. The van der Waals surface area contributed by atoms with E-state index in [0.717, 1.165) is 42.0 Å². The van der Waals surface area contributed by atoms with Gasteiger partial charge in [-0.2, -0.15) is 0 Å². The second-order valence-electron chi connectivity index (χ2n) is 17.7. The van der Waals surface area contributed by atoms with E-state index in [1.807, 2.05) is 0 Å². The molecule has 0 bridgehead atoms. The molecule has 61 heavy (non-hydrogen) atoms. The lowest BCUT2D eigenvalue weighted by molar-refractivity contribution is 0.656. The van der Waals surface area contributed by atoms with Crippen LogP contribution in [0.4, 0.5) is 0 Å². The Bertz CT molecular complexity index is 3070. The van der Waals surface area contributed by atoms with Gasteiger partial charge in [-0.05, 0) is 110 Å². The first-order valence-electron chi connectivity index (χ1n) is 21.8. The Kier molecular flexibility index (Phi) is 9.08. The van der Waals surface area contributed by atoms with Crippen molar-refractivity contribution in [3.63, 3.8) is 0 Å². The second kappa shape index (κ2) is 14.9. The maximum atomic E-state index is 5.07. The molecular formula is C58H49N3. The Morgan fingerprint density at radius 1 is 0.607 bits per heavy atom. The van der Waals surface area contributed by atoms with Crippen molar-refractivity contribution in [3.8, 4) is 33.4 Å². The van der Waals surface area contributed by atoms with Crippen LogP contribution in [-0.2, 0) is 24.8 Å². The zero-order valence-corrected chi connectivity index (χ0v) is 35.1. The largest absolute Gasteiger partial charge is 0.363 e. The number of nitrogens with one attached hydrogen (secondary N) is 1. The molecule has 0 amide bonds. The summed E-state index contributed by atoms with van der Waals surface area (Å²) in [6.45, 7) is 7.97. The number of fused-ring (bicyclic) bond motifs is 6. The van der Waals surface area contributed by atoms with Gasteiger partial charge in [0.2, 0.25) is 0 Å². The van der Waals surface area contributed by atoms with Gasteiger partial charge in [0.25, 0.3) is 0 Å². The predicted octanol–water partition coefficient (Wildman–Crippen LogP) is 13.5. The van der Waals surface area contributed by atoms with E-state index >= 15 is 0 Å². The number of benzene rings is 7. The summed E-state index contributed by atoms with van der Waals surface area (Å²) in [5, 5.41) is 5.10. The van der Waals surface area contributed by atoms with Gasteiger partial charge >= 0.3 is 0 Å². The van der Waals surface area contributed by atoms with Crippen LogP contribution in [0, 0.1) is 5.92 Å². The second-order valence-corrected chi connectivity index (χ2v) is 17.7. The van der Waals surface area contributed by atoms with Crippen LogP contribution in [0.25, 0.3) is 56.1 Å². The standard InChI is InChI=1S/C58H49N3/c1-38-24-27-51-50-22-10-11-23-55(50)61(56(51)30-38)37-40-15-13-21-44(32-40)46-26-29-49-48-28-25-45(34-52(48)58(2,3)53(49)35-46)43-20-12-14-39(31-43)33-47-36-54(41-16-6-4-7-17-41)60-57(59-47)42-18-8-5-9-19-42/h4-29,31-32,34-36,38,47H,30,33,37H2,1-3H3,(H,59,60). The van der Waals surface area contributed by atoms with Crippen molar-refractivity contribution < 1.29 is 0 Å². The highest BCUT2D eigenvalue weighted by molar-refractivity contribution is 6.03. The summed E-state index contributed by atoms with van der Waals surface area (Å²) in [5.41, 5.74) is 20.4. The van der Waals surface area contributed by atoms with Gasteiger partial charge in [0.15, 0.2) is 0 Å². The molecule has 0 saturated heterocycles. The summed E-state index contributed by atoms with van der Waals surface area (Å²) in [7, 11) is 0. The van der Waals surface area contributed by atoms with Gasteiger partial charge < -0.3 is 9.88 Å². The number of rotatable bonds is 8. The number of aromatic nitrogens is 1. The summed E-state index contributed by atoms with van der Waals surface area (Å²) in [6.07, 6.45) is 8.91. The average molecular weight is 788 g/mol. The number of hydrogen-bond donors (Lipinski definition) is 1. The molecule has 3 heteroatoms. The van der Waals surface area contributed by atoms with Crippen LogP contribution in [0.3, 0.4) is 0 Å². The molecule has 8 aromatic rings. The van der Waals surface area contributed by atoms with Crippen LogP contribution in [0.5, 0.6) is 0 Å². The molecule has 1 N–H and O–H groups in total. The quantitative estimate of drug-likeness (QED) is 0.163. The summed E-state index contributed by atoms with van der Waals surface area (Å²) in [4.78, 5) is 5.07. The van der Waals surface area contributed by atoms with Gasteiger partial charge in [-0.15, -0.1) is 0 Å². The normalized spacial score (nSPS) is 17.2. The first kappa shape index (κ1) is 37.1. The molecule has 2 atom stereocenters. The number of allylic oxidation sites excluding steroid dienone is 1. The van der Waals surface area contributed by atoms with Crippen LogP contribution >= 0.6 is 0 Å². The van der Waals surface area contributed by atoms with Gasteiger partial charge in [0.05, 0.1) is 11.7 Å². The zero-order valence-electron chi connectivity index (χ0n) is 35.1. The Morgan fingerprint density at radius 2 is 1.20 bits per heavy atom. The van der Waals surface area contributed by atoms with Crippen molar-refractivity contribution in [1.29, 1.82) is 0 Å². The van der Waals surface area contributed by atoms with Gasteiger partial charge in [0, 0.05) is 39.7 Å². The first-order chi connectivity index (χ1) is 29.9. The maximum absolute atomic E-state index is 5.07. The van der Waals surface area contributed by atoms with Gasteiger partial charge in [-0.25, -0.2) is 4.99 Å². The molecule has 296 valence electrons. The van der Waals surface area contributed by atoms with Crippen molar-refractivity contribution in [2.45, 2.75) is 51.6 Å². The lowest BCUT2D eigenvalue weighted by Crippen LogP contribution is -2.38. The van der Waals surface area contributed by atoms with E-state index < -0.39 is 0 Å². The van der Waals surface area contributed by atoms with Gasteiger partial charge in [-0.3, -0.25) is 0 Å². The fourth-order valence-electron chi connectivity index (χ4n) is 10.1. The molecule has 0 radical (unpaired) electrons. The molecule has 7 aromatic carbocycles. The van der Waals surface area contributed by atoms with Gasteiger partial charge in [-0.1, -0.05) is 179 Å². The number of amidine groups is 1. The average Bonchev–Trinajstić information content (AvgIpc) is 3.73. The van der Waals surface area contributed by atoms with Crippen molar-refractivity contribution in [2.75, 3.05) is 0 Å². The fraction of sp³-hybridized carbons (Fsp3) is 0.155. The molecule has 0 saturated carbocycles. The topological polar surface area (TPSA) is 29.3 Å². The molecule has 2 unspecified atom stereocenters. The van der Waals surface area contributed by atoms with Crippen LogP contribution in [-0.4, -0.2) is 16.4 Å². The number of aliphatic imine (C=N–C) groups is 1. The molecule has 1 aliphatic heterocycles. The SMILES string of the molecule is CC1C=Cc2c(n(Cc3cccc(-c4ccc5c(c4)C(C)(C)c4cc(-c6cccc(CC7C=C(c8ccccc8)N=C(c8ccccc8)N7)c6)ccc4-5)c3)c3ccccc23)C1. The van der Waals surface area contributed by atoms with Crippen LogP contribution in [0.2, 0.25) is 0 Å². The van der Waals surface area contributed by atoms with E-state index in [1.54, 1.807) is 0 Å². The molecule has 11 rings (SSSR count). The highest BCUT2D eigenvalue weighted by Gasteiger charge is 2.36.